The summed E-state index contributed by atoms with van der Waals surface area (Å²) in [5.74, 6) is 0. The minimum atomic E-state index is 0.316. The Labute approximate surface area is 99.9 Å². The third-order valence-electron chi connectivity index (χ3n) is 2.64. The van der Waals surface area contributed by atoms with E-state index in [0.29, 0.717) is 16.8 Å². The third kappa shape index (κ3) is 1.73. The zero-order valence-electron chi connectivity index (χ0n) is 9.59. The summed E-state index contributed by atoms with van der Waals surface area (Å²) in [5, 5.41) is 18.2. The van der Waals surface area contributed by atoms with Crippen LogP contribution in [0.4, 0.5) is 5.69 Å². The summed E-state index contributed by atoms with van der Waals surface area (Å²) in [4.78, 5) is 0.885. The minimum absolute atomic E-state index is 0.316. The van der Waals surface area contributed by atoms with E-state index in [0.717, 1.165) is 22.4 Å². The number of rotatable bonds is 2. The van der Waals surface area contributed by atoms with Gasteiger partial charge < -0.3 is 5.73 Å². The lowest BCUT2D eigenvalue weighted by Gasteiger charge is -2.15. The number of thioether (sulfide) groups is 1. The third-order valence-corrected chi connectivity index (χ3v) is 3.56. The van der Waals surface area contributed by atoms with Crippen LogP contribution >= 0.6 is 11.8 Å². The van der Waals surface area contributed by atoms with Crippen LogP contribution in [0.5, 0.6) is 0 Å². The highest BCUT2D eigenvalue weighted by Gasteiger charge is 2.18. The van der Waals surface area contributed by atoms with Gasteiger partial charge in [0.1, 0.15) is 12.1 Å². The molecule has 0 amide bonds. The predicted molar refractivity (Wildman–Crippen MR) is 66.2 cm³/mol. The first-order valence-electron chi connectivity index (χ1n) is 4.91. The maximum absolute atomic E-state index is 9.09. The van der Waals surface area contributed by atoms with E-state index in [4.69, 9.17) is 16.3 Å². The first kappa shape index (κ1) is 12.4. The molecule has 0 aliphatic rings. The molecule has 4 heteroatoms. The van der Waals surface area contributed by atoms with E-state index in [1.54, 1.807) is 0 Å². The molecule has 16 heavy (non-hydrogen) atoms. The Hall–Kier alpha value is -1.65. The van der Waals surface area contributed by atoms with Crippen molar-refractivity contribution in [3.8, 4) is 12.1 Å². The van der Waals surface area contributed by atoms with Gasteiger partial charge in [-0.05, 0) is 30.7 Å². The zero-order chi connectivity index (χ0) is 12.3. The van der Waals surface area contributed by atoms with Crippen molar-refractivity contribution in [3.63, 3.8) is 0 Å². The Morgan fingerprint density at radius 2 is 1.81 bits per heavy atom. The highest BCUT2D eigenvalue weighted by atomic mass is 32.2. The molecule has 2 N–H and O–H groups in total. The number of nitrogens with two attached hydrogens (primary N) is 1. The lowest BCUT2D eigenvalue weighted by atomic mass is 9.95. The van der Waals surface area contributed by atoms with Crippen molar-refractivity contribution in [1.82, 2.24) is 0 Å². The summed E-state index contributed by atoms with van der Waals surface area (Å²) in [7, 11) is 0. The first-order valence-corrected chi connectivity index (χ1v) is 6.13. The standard InChI is InChI=1S/C12H13N3S/c1-4-8-7(2)12(16-3)10(6-14)11(15)9(8)5-13/h4,15H2,1-3H3. The summed E-state index contributed by atoms with van der Waals surface area (Å²) in [6.45, 7) is 3.92. The summed E-state index contributed by atoms with van der Waals surface area (Å²) >= 11 is 1.50. The summed E-state index contributed by atoms with van der Waals surface area (Å²) in [6.07, 6.45) is 2.66. The molecule has 1 aromatic carbocycles. The van der Waals surface area contributed by atoms with E-state index in [-0.39, 0.29) is 0 Å². The van der Waals surface area contributed by atoms with Gasteiger partial charge in [0.05, 0.1) is 16.8 Å². The highest BCUT2D eigenvalue weighted by Crippen LogP contribution is 2.34. The van der Waals surface area contributed by atoms with Gasteiger partial charge in [0.25, 0.3) is 0 Å². The van der Waals surface area contributed by atoms with E-state index >= 15 is 0 Å². The lowest BCUT2D eigenvalue weighted by molar-refractivity contribution is 1.06. The van der Waals surface area contributed by atoms with Crippen LogP contribution in [0.25, 0.3) is 0 Å². The van der Waals surface area contributed by atoms with E-state index in [1.165, 1.54) is 11.8 Å². The molecule has 0 saturated carbocycles. The molecule has 0 heterocycles. The average molecular weight is 231 g/mol. The Balaban J connectivity index is 3.78. The van der Waals surface area contributed by atoms with Crippen LogP contribution in [-0.2, 0) is 6.42 Å². The van der Waals surface area contributed by atoms with Gasteiger partial charge in [-0.2, -0.15) is 10.5 Å². The Kier molecular flexibility index (Phi) is 3.82. The normalized spacial score (nSPS) is 9.56. The van der Waals surface area contributed by atoms with E-state index in [2.05, 4.69) is 12.1 Å². The van der Waals surface area contributed by atoms with Crippen molar-refractivity contribution in [2.24, 2.45) is 0 Å². The maximum atomic E-state index is 9.09. The van der Waals surface area contributed by atoms with Crippen molar-refractivity contribution in [2.45, 2.75) is 25.2 Å². The largest absolute Gasteiger partial charge is 0.397 e. The quantitative estimate of drug-likeness (QED) is 0.627. The fourth-order valence-electron chi connectivity index (χ4n) is 1.86. The smallest absolute Gasteiger partial charge is 0.103 e. The number of nitrogens with zero attached hydrogens (tertiary/aromatic N) is 2. The van der Waals surface area contributed by atoms with Crippen LogP contribution in [-0.4, -0.2) is 6.26 Å². The van der Waals surface area contributed by atoms with Crippen LogP contribution in [0.15, 0.2) is 4.90 Å². The maximum Gasteiger partial charge on any atom is 0.103 e. The summed E-state index contributed by atoms with van der Waals surface area (Å²) in [6, 6.07) is 4.18. The second kappa shape index (κ2) is 4.92. The number of hydrogen-bond acceptors (Lipinski definition) is 4. The SMILES string of the molecule is CCc1c(C)c(SC)c(C#N)c(N)c1C#N. The molecule has 0 bridgehead atoms. The molecule has 1 rings (SSSR count). The second-order valence-corrected chi connectivity index (χ2v) is 4.19. The summed E-state index contributed by atoms with van der Waals surface area (Å²) < 4.78 is 0. The van der Waals surface area contributed by atoms with Gasteiger partial charge >= 0.3 is 0 Å². The molecule has 0 aliphatic heterocycles. The molecule has 0 saturated heterocycles. The number of hydrogen-bond donors (Lipinski definition) is 1. The number of benzene rings is 1. The van der Waals surface area contributed by atoms with E-state index in [9.17, 15) is 0 Å². The van der Waals surface area contributed by atoms with Crippen LogP contribution in [0.3, 0.4) is 0 Å². The molecule has 0 spiro atoms. The monoisotopic (exact) mass is 231 g/mol. The molecule has 0 aromatic heterocycles. The predicted octanol–water partition coefficient (Wildman–Crippen LogP) is 2.60. The fraction of sp³-hybridized carbons (Fsp3) is 0.333. The molecule has 0 unspecified atom stereocenters. The average Bonchev–Trinajstić information content (AvgIpc) is 2.30. The minimum Gasteiger partial charge on any atom is -0.397 e. The topological polar surface area (TPSA) is 73.6 Å². The first-order chi connectivity index (χ1) is 7.62. The molecular weight excluding hydrogens is 218 g/mol. The van der Waals surface area contributed by atoms with Gasteiger partial charge in [0.2, 0.25) is 0 Å². The number of nitriles is 2. The molecule has 3 nitrogen and oxygen atoms in total. The van der Waals surface area contributed by atoms with Gasteiger partial charge in [0.15, 0.2) is 0 Å². The van der Waals surface area contributed by atoms with Crippen molar-refractivity contribution in [1.29, 1.82) is 10.5 Å². The summed E-state index contributed by atoms with van der Waals surface area (Å²) in [5.41, 5.74) is 9.01. The number of anilines is 1. The molecule has 1 aromatic rings. The van der Waals surface area contributed by atoms with Crippen LogP contribution in [0.2, 0.25) is 0 Å². The Morgan fingerprint density at radius 3 is 2.19 bits per heavy atom. The lowest BCUT2D eigenvalue weighted by Crippen LogP contribution is -2.04. The Bertz CT molecular complexity index is 456. The van der Waals surface area contributed by atoms with Gasteiger partial charge in [0, 0.05) is 4.90 Å². The van der Waals surface area contributed by atoms with Crippen LogP contribution in [0, 0.1) is 29.6 Å². The van der Waals surface area contributed by atoms with Crippen molar-refractivity contribution < 1.29 is 0 Å². The van der Waals surface area contributed by atoms with Crippen molar-refractivity contribution >= 4 is 17.4 Å². The Morgan fingerprint density at radius 1 is 1.25 bits per heavy atom. The molecular formula is C12H13N3S. The molecule has 82 valence electrons. The fourth-order valence-corrected chi connectivity index (χ4v) is 2.65. The number of nitrogen functional groups attached to an aromatic ring is 1. The van der Waals surface area contributed by atoms with Gasteiger partial charge in [-0.25, -0.2) is 0 Å². The van der Waals surface area contributed by atoms with Crippen molar-refractivity contribution in [2.75, 3.05) is 12.0 Å². The highest BCUT2D eigenvalue weighted by molar-refractivity contribution is 7.98. The molecule has 0 radical (unpaired) electrons. The van der Waals surface area contributed by atoms with Gasteiger partial charge in [-0.3, -0.25) is 0 Å². The molecule has 0 aliphatic carbocycles. The second-order valence-electron chi connectivity index (χ2n) is 3.38. The van der Waals surface area contributed by atoms with Crippen LogP contribution < -0.4 is 5.73 Å². The molecule has 0 atom stereocenters. The van der Waals surface area contributed by atoms with Gasteiger partial charge in [-0.15, -0.1) is 11.8 Å². The van der Waals surface area contributed by atoms with Gasteiger partial charge in [-0.1, -0.05) is 6.92 Å². The zero-order valence-corrected chi connectivity index (χ0v) is 10.4. The van der Waals surface area contributed by atoms with E-state index < -0.39 is 0 Å². The molecule has 0 fully saturated rings. The van der Waals surface area contributed by atoms with Crippen molar-refractivity contribution in [3.05, 3.63) is 22.3 Å². The van der Waals surface area contributed by atoms with Crippen LogP contribution in [0.1, 0.15) is 29.2 Å². The van der Waals surface area contributed by atoms with E-state index in [1.807, 2.05) is 20.1 Å².